The van der Waals surface area contributed by atoms with E-state index in [0.29, 0.717) is 17.5 Å². The first-order chi connectivity index (χ1) is 9.17. The van der Waals surface area contributed by atoms with Gasteiger partial charge in [0.1, 0.15) is 23.8 Å². The number of hydrogen-bond acceptors (Lipinski definition) is 4. The molecule has 2 rings (SSSR count). The van der Waals surface area contributed by atoms with Gasteiger partial charge in [-0.05, 0) is 31.5 Å². The van der Waals surface area contributed by atoms with Gasteiger partial charge in [-0.1, -0.05) is 13.0 Å². The summed E-state index contributed by atoms with van der Waals surface area (Å²) in [5.74, 6) is 1.10. The van der Waals surface area contributed by atoms with Gasteiger partial charge in [0.25, 0.3) is 0 Å². The van der Waals surface area contributed by atoms with Crippen LogP contribution in [-0.2, 0) is 0 Å². The lowest BCUT2D eigenvalue weighted by Crippen LogP contribution is -2.14. The lowest BCUT2D eigenvalue weighted by Gasteiger charge is -2.12. The average Bonchev–Trinajstić information content (AvgIpc) is 2.39. The van der Waals surface area contributed by atoms with Crippen LogP contribution in [0.1, 0.15) is 20.3 Å². The van der Waals surface area contributed by atoms with Crippen LogP contribution < -0.4 is 10.6 Å². The maximum absolute atomic E-state index is 13.1. The molecule has 0 aliphatic rings. The summed E-state index contributed by atoms with van der Waals surface area (Å²) in [7, 11) is 0. The van der Waals surface area contributed by atoms with E-state index in [0.717, 1.165) is 12.2 Å². The molecular formula is C14H17FN4. The molecule has 100 valence electrons. The van der Waals surface area contributed by atoms with E-state index in [1.165, 1.54) is 18.5 Å². The maximum Gasteiger partial charge on any atom is 0.135 e. The summed E-state index contributed by atoms with van der Waals surface area (Å²) >= 11 is 0. The van der Waals surface area contributed by atoms with Crippen LogP contribution in [0.2, 0.25) is 0 Å². The minimum Gasteiger partial charge on any atom is -0.367 e. The fraction of sp³-hybridized carbons (Fsp3) is 0.286. The smallest absolute Gasteiger partial charge is 0.135 e. The van der Waals surface area contributed by atoms with Crippen molar-refractivity contribution in [3.8, 4) is 0 Å². The third kappa shape index (κ3) is 3.91. The number of hydrogen-bond donors (Lipinski definition) is 2. The predicted molar refractivity (Wildman–Crippen MR) is 75.1 cm³/mol. The maximum atomic E-state index is 13.1. The van der Waals surface area contributed by atoms with Gasteiger partial charge in [0.15, 0.2) is 0 Å². The molecule has 1 aromatic heterocycles. The van der Waals surface area contributed by atoms with Crippen LogP contribution >= 0.6 is 0 Å². The molecule has 0 amide bonds. The van der Waals surface area contributed by atoms with E-state index in [4.69, 9.17) is 0 Å². The van der Waals surface area contributed by atoms with Crippen LogP contribution in [0, 0.1) is 5.82 Å². The molecule has 4 nitrogen and oxygen atoms in total. The van der Waals surface area contributed by atoms with E-state index in [1.807, 2.05) is 0 Å². The molecule has 0 radical (unpaired) electrons. The van der Waals surface area contributed by atoms with Gasteiger partial charge in [0, 0.05) is 17.8 Å². The minimum absolute atomic E-state index is 0.281. The number of nitrogens with zero attached hydrogens (tertiary/aromatic N) is 2. The third-order valence-corrected chi connectivity index (χ3v) is 2.77. The molecule has 1 atom stereocenters. The molecule has 2 N–H and O–H groups in total. The second-order valence-electron chi connectivity index (χ2n) is 4.38. The van der Waals surface area contributed by atoms with Gasteiger partial charge in [-0.25, -0.2) is 14.4 Å². The van der Waals surface area contributed by atoms with Gasteiger partial charge in [0.2, 0.25) is 0 Å². The summed E-state index contributed by atoms with van der Waals surface area (Å²) in [5, 5.41) is 6.31. The zero-order valence-corrected chi connectivity index (χ0v) is 11.0. The van der Waals surface area contributed by atoms with Gasteiger partial charge in [-0.3, -0.25) is 0 Å². The van der Waals surface area contributed by atoms with Crippen LogP contribution in [0.3, 0.4) is 0 Å². The Morgan fingerprint density at radius 2 is 2.00 bits per heavy atom. The second kappa shape index (κ2) is 6.13. The average molecular weight is 260 g/mol. The fourth-order valence-corrected chi connectivity index (χ4v) is 1.57. The van der Waals surface area contributed by atoms with Crippen molar-refractivity contribution in [2.75, 3.05) is 10.6 Å². The Morgan fingerprint density at radius 3 is 2.74 bits per heavy atom. The molecule has 1 aromatic carbocycles. The number of nitrogens with one attached hydrogen (secondary N) is 2. The molecular weight excluding hydrogens is 243 g/mol. The Kier molecular flexibility index (Phi) is 4.28. The number of aromatic nitrogens is 2. The topological polar surface area (TPSA) is 49.8 Å². The molecule has 0 bridgehead atoms. The molecule has 0 spiro atoms. The highest BCUT2D eigenvalue weighted by atomic mass is 19.1. The molecule has 0 saturated carbocycles. The number of benzene rings is 1. The molecule has 19 heavy (non-hydrogen) atoms. The molecule has 1 heterocycles. The Balaban J connectivity index is 2.10. The van der Waals surface area contributed by atoms with Crippen LogP contribution in [0.15, 0.2) is 36.7 Å². The van der Waals surface area contributed by atoms with Gasteiger partial charge in [0.05, 0.1) is 0 Å². The van der Waals surface area contributed by atoms with E-state index >= 15 is 0 Å². The zero-order valence-electron chi connectivity index (χ0n) is 11.0. The Morgan fingerprint density at radius 1 is 1.21 bits per heavy atom. The van der Waals surface area contributed by atoms with Crippen LogP contribution in [0.4, 0.5) is 21.7 Å². The molecule has 0 aliphatic carbocycles. The van der Waals surface area contributed by atoms with E-state index in [-0.39, 0.29) is 5.82 Å². The predicted octanol–water partition coefficient (Wildman–Crippen LogP) is 3.57. The van der Waals surface area contributed by atoms with Crippen LogP contribution in [0.25, 0.3) is 0 Å². The van der Waals surface area contributed by atoms with Crippen LogP contribution in [0.5, 0.6) is 0 Å². The lowest BCUT2D eigenvalue weighted by atomic mass is 10.2. The van der Waals surface area contributed by atoms with Crippen molar-refractivity contribution in [1.29, 1.82) is 0 Å². The number of rotatable bonds is 5. The van der Waals surface area contributed by atoms with Crippen molar-refractivity contribution in [2.24, 2.45) is 0 Å². The normalized spacial score (nSPS) is 11.9. The van der Waals surface area contributed by atoms with E-state index < -0.39 is 0 Å². The first-order valence-corrected chi connectivity index (χ1v) is 6.28. The summed E-state index contributed by atoms with van der Waals surface area (Å²) in [6.45, 7) is 4.19. The first kappa shape index (κ1) is 13.3. The van der Waals surface area contributed by atoms with Gasteiger partial charge in [-0.15, -0.1) is 0 Å². The van der Waals surface area contributed by atoms with E-state index in [1.54, 1.807) is 18.2 Å². The standard InChI is InChI=1S/C14H17FN4/c1-3-10(2)18-13-8-14(17-9-16-13)19-12-6-4-5-11(15)7-12/h4-10H,3H2,1-2H3,(H2,16,17,18,19). The highest BCUT2D eigenvalue weighted by Gasteiger charge is 2.03. The number of halogens is 1. The highest BCUT2D eigenvalue weighted by Crippen LogP contribution is 2.17. The molecule has 0 fully saturated rings. The zero-order chi connectivity index (χ0) is 13.7. The van der Waals surface area contributed by atoms with Crippen molar-refractivity contribution in [2.45, 2.75) is 26.3 Å². The Hall–Kier alpha value is -2.17. The van der Waals surface area contributed by atoms with Gasteiger partial charge in [-0.2, -0.15) is 0 Å². The summed E-state index contributed by atoms with van der Waals surface area (Å²) in [5.41, 5.74) is 0.660. The van der Waals surface area contributed by atoms with Crippen molar-refractivity contribution < 1.29 is 4.39 Å². The fourth-order valence-electron chi connectivity index (χ4n) is 1.57. The largest absolute Gasteiger partial charge is 0.367 e. The molecule has 0 saturated heterocycles. The van der Waals surface area contributed by atoms with Crippen molar-refractivity contribution in [3.63, 3.8) is 0 Å². The third-order valence-electron chi connectivity index (χ3n) is 2.77. The highest BCUT2D eigenvalue weighted by molar-refractivity contribution is 5.58. The summed E-state index contributed by atoms with van der Waals surface area (Å²) in [4.78, 5) is 8.26. The summed E-state index contributed by atoms with van der Waals surface area (Å²) in [6.07, 6.45) is 2.49. The van der Waals surface area contributed by atoms with Crippen molar-refractivity contribution >= 4 is 17.3 Å². The Bertz CT molecular complexity index is 544. The van der Waals surface area contributed by atoms with E-state index in [2.05, 4.69) is 34.4 Å². The lowest BCUT2D eigenvalue weighted by molar-refractivity contribution is 0.628. The van der Waals surface area contributed by atoms with Crippen molar-refractivity contribution in [1.82, 2.24) is 9.97 Å². The van der Waals surface area contributed by atoms with Crippen molar-refractivity contribution in [3.05, 3.63) is 42.5 Å². The summed E-state index contributed by atoms with van der Waals surface area (Å²) < 4.78 is 13.1. The van der Waals surface area contributed by atoms with Gasteiger partial charge < -0.3 is 10.6 Å². The monoisotopic (exact) mass is 260 g/mol. The first-order valence-electron chi connectivity index (χ1n) is 6.28. The quantitative estimate of drug-likeness (QED) is 0.863. The number of anilines is 3. The second-order valence-corrected chi connectivity index (χ2v) is 4.38. The molecule has 5 heteroatoms. The molecule has 0 aliphatic heterocycles. The Labute approximate surface area is 112 Å². The molecule has 2 aromatic rings. The summed E-state index contributed by atoms with van der Waals surface area (Å²) in [6, 6.07) is 8.41. The minimum atomic E-state index is -0.281. The van der Waals surface area contributed by atoms with Gasteiger partial charge >= 0.3 is 0 Å². The molecule has 1 unspecified atom stereocenters. The van der Waals surface area contributed by atoms with E-state index in [9.17, 15) is 4.39 Å². The van der Waals surface area contributed by atoms with Crippen LogP contribution in [-0.4, -0.2) is 16.0 Å². The SMILES string of the molecule is CCC(C)Nc1cc(Nc2cccc(F)c2)ncn1.